The van der Waals surface area contributed by atoms with Gasteiger partial charge in [0.15, 0.2) is 0 Å². The molecule has 0 atom stereocenters. The number of hydrogen-bond acceptors (Lipinski definition) is 8. The predicted octanol–water partition coefficient (Wildman–Crippen LogP) is 3.09. The number of anilines is 2. The number of pyridine rings is 2. The molecule has 0 spiro atoms. The lowest BCUT2D eigenvalue weighted by Gasteiger charge is -2.30. The van der Waals surface area contributed by atoms with Crippen molar-refractivity contribution in [3.05, 3.63) is 35.0 Å². The molecule has 0 aliphatic carbocycles. The number of hydrogen-bond donors (Lipinski definition) is 1. The minimum absolute atomic E-state index is 0.174. The van der Waals surface area contributed by atoms with Crippen molar-refractivity contribution >= 4 is 23.3 Å². The van der Waals surface area contributed by atoms with Gasteiger partial charge in [0.1, 0.15) is 34.1 Å². The molecule has 0 aromatic carbocycles. The van der Waals surface area contributed by atoms with Crippen molar-refractivity contribution in [1.29, 1.82) is 10.5 Å². The van der Waals surface area contributed by atoms with Gasteiger partial charge in [0.2, 0.25) is 5.88 Å². The molecule has 0 radical (unpaired) electrons. The molecule has 2 aromatic rings. The fourth-order valence-corrected chi connectivity index (χ4v) is 4.01. The van der Waals surface area contributed by atoms with Gasteiger partial charge in [-0.2, -0.15) is 10.5 Å². The summed E-state index contributed by atoms with van der Waals surface area (Å²) in [6.07, 6.45) is 4.97. The predicted molar refractivity (Wildman–Crippen MR) is 104 cm³/mol. The lowest BCUT2D eigenvalue weighted by atomic mass is 10.1. The summed E-state index contributed by atoms with van der Waals surface area (Å²) in [5, 5.41) is 19.9. The fourth-order valence-electron chi connectivity index (χ4n) is 3.09. The molecule has 138 valence electrons. The second-order valence-electron chi connectivity index (χ2n) is 6.17. The van der Waals surface area contributed by atoms with Gasteiger partial charge in [-0.1, -0.05) is 6.07 Å². The van der Waals surface area contributed by atoms with Gasteiger partial charge in [-0.3, -0.25) is 0 Å². The number of nitriles is 2. The highest BCUT2D eigenvalue weighted by molar-refractivity contribution is 7.98. The lowest BCUT2D eigenvalue weighted by Crippen LogP contribution is -2.31. The molecule has 1 aliphatic heterocycles. The van der Waals surface area contributed by atoms with Crippen molar-refractivity contribution in [2.45, 2.75) is 30.0 Å². The third kappa shape index (κ3) is 4.07. The van der Waals surface area contributed by atoms with E-state index >= 15 is 0 Å². The van der Waals surface area contributed by atoms with E-state index < -0.39 is 0 Å². The van der Waals surface area contributed by atoms with Gasteiger partial charge in [0, 0.05) is 31.1 Å². The Hall–Kier alpha value is -2.97. The number of nitrogen functional groups attached to an aromatic ring is 1. The summed E-state index contributed by atoms with van der Waals surface area (Å²) in [6, 6.07) is 8.10. The zero-order valence-corrected chi connectivity index (χ0v) is 15.9. The average Bonchev–Trinajstić information content (AvgIpc) is 2.72. The van der Waals surface area contributed by atoms with E-state index in [0.717, 1.165) is 37.9 Å². The molecule has 7 nitrogen and oxygen atoms in total. The molecule has 27 heavy (non-hydrogen) atoms. The van der Waals surface area contributed by atoms with E-state index in [4.69, 9.17) is 10.5 Å². The van der Waals surface area contributed by atoms with E-state index in [1.807, 2.05) is 6.07 Å². The molecule has 0 unspecified atom stereocenters. The van der Waals surface area contributed by atoms with Crippen LogP contribution < -0.4 is 15.4 Å². The topological polar surface area (TPSA) is 112 Å². The van der Waals surface area contributed by atoms with Crippen molar-refractivity contribution in [2.75, 3.05) is 30.8 Å². The van der Waals surface area contributed by atoms with E-state index in [1.165, 1.54) is 11.8 Å². The van der Waals surface area contributed by atoms with Crippen molar-refractivity contribution in [1.82, 2.24) is 9.97 Å². The van der Waals surface area contributed by atoms with Crippen LogP contribution >= 0.6 is 11.8 Å². The number of methoxy groups -OCH3 is 1. The summed E-state index contributed by atoms with van der Waals surface area (Å²) < 4.78 is 5.07. The van der Waals surface area contributed by atoms with E-state index in [1.54, 1.807) is 19.4 Å². The highest BCUT2D eigenvalue weighted by Gasteiger charge is 2.24. The summed E-state index contributed by atoms with van der Waals surface area (Å²) >= 11 is 1.42. The van der Waals surface area contributed by atoms with Crippen LogP contribution in [0.4, 0.5) is 11.5 Å². The molecule has 1 saturated heterocycles. The van der Waals surface area contributed by atoms with Crippen LogP contribution in [0, 0.1) is 22.7 Å². The maximum atomic E-state index is 9.80. The van der Waals surface area contributed by atoms with Crippen LogP contribution in [0.5, 0.6) is 5.88 Å². The first-order chi connectivity index (χ1) is 13.2. The van der Waals surface area contributed by atoms with Crippen molar-refractivity contribution in [2.24, 2.45) is 0 Å². The standard InChI is InChI=1S/C19H20N6OS/c1-26-16-6-5-13(11-23-16)12-27-19-15(10-21)17(14(9-20)18(22)24-19)25-7-3-2-4-8-25/h5-6,11H,2-4,7-8,12H2,1H3,(H2,22,24). The van der Waals surface area contributed by atoms with Crippen molar-refractivity contribution < 1.29 is 4.74 Å². The Morgan fingerprint density at radius 3 is 2.52 bits per heavy atom. The second kappa shape index (κ2) is 8.61. The number of piperidine rings is 1. The number of nitrogens with two attached hydrogens (primary N) is 1. The van der Waals surface area contributed by atoms with Gasteiger partial charge >= 0.3 is 0 Å². The van der Waals surface area contributed by atoms with Crippen LogP contribution in [0.15, 0.2) is 23.4 Å². The highest BCUT2D eigenvalue weighted by Crippen LogP contribution is 2.37. The van der Waals surface area contributed by atoms with Gasteiger partial charge in [0.25, 0.3) is 0 Å². The largest absolute Gasteiger partial charge is 0.481 e. The zero-order chi connectivity index (χ0) is 19.2. The van der Waals surface area contributed by atoms with Gasteiger partial charge in [-0.25, -0.2) is 9.97 Å². The minimum atomic E-state index is 0.174. The summed E-state index contributed by atoms with van der Waals surface area (Å²) in [5.41, 5.74) is 8.39. The zero-order valence-electron chi connectivity index (χ0n) is 15.1. The van der Waals surface area contributed by atoms with Crippen LogP contribution in [-0.4, -0.2) is 30.2 Å². The molecule has 3 heterocycles. The van der Waals surface area contributed by atoms with E-state index in [0.29, 0.717) is 33.5 Å². The summed E-state index contributed by atoms with van der Waals surface area (Å²) in [5.74, 6) is 1.31. The van der Waals surface area contributed by atoms with E-state index in [-0.39, 0.29) is 5.82 Å². The van der Waals surface area contributed by atoms with Crippen LogP contribution in [-0.2, 0) is 5.75 Å². The Bertz CT molecular complexity index is 894. The van der Waals surface area contributed by atoms with E-state index in [2.05, 4.69) is 27.0 Å². The minimum Gasteiger partial charge on any atom is -0.481 e. The van der Waals surface area contributed by atoms with Gasteiger partial charge < -0.3 is 15.4 Å². The molecule has 0 bridgehead atoms. The van der Waals surface area contributed by atoms with Crippen LogP contribution in [0.25, 0.3) is 0 Å². The monoisotopic (exact) mass is 380 g/mol. The van der Waals surface area contributed by atoms with Crippen molar-refractivity contribution in [3.8, 4) is 18.0 Å². The van der Waals surface area contributed by atoms with Crippen LogP contribution in [0.2, 0.25) is 0 Å². The van der Waals surface area contributed by atoms with Gasteiger partial charge in [-0.05, 0) is 24.8 Å². The smallest absolute Gasteiger partial charge is 0.212 e. The SMILES string of the molecule is COc1ccc(CSc2nc(N)c(C#N)c(N3CCCCC3)c2C#N)cn1. The van der Waals surface area contributed by atoms with Gasteiger partial charge in [0.05, 0.1) is 12.8 Å². The Labute approximate surface area is 162 Å². The van der Waals surface area contributed by atoms with Crippen molar-refractivity contribution in [3.63, 3.8) is 0 Å². The molecule has 2 N–H and O–H groups in total. The maximum Gasteiger partial charge on any atom is 0.212 e. The molecule has 0 amide bonds. The first-order valence-electron chi connectivity index (χ1n) is 8.68. The quantitative estimate of drug-likeness (QED) is 0.788. The first-order valence-corrected chi connectivity index (χ1v) is 9.66. The Kier molecular flexibility index (Phi) is 6.00. The molecule has 1 aliphatic rings. The number of rotatable bonds is 5. The summed E-state index contributed by atoms with van der Waals surface area (Å²) in [7, 11) is 1.57. The molecule has 2 aromatic heterocycles. The Morgan fingerprint density at radius 2 is 1.93 bits per heavy atom. The summed E-state index contributed by atoms with van der Waals surface area (Å²) in [4.78, 5) is 10.6. The second-order valence-corrected chi connectivity index (χ2v) is 7.13. The van der Waals surface area contributed by atoms with Crippen LogP contribution in [0.3, 0.4) is 0 Å². The first kappa shape index (κ1) is 18.8. The number of nitrogens with zero attached hydrogens (tertiary/aromatic N) is 5. The number of thioether (sulfide) groups is 1. The number of ether oxygens (including phenoxy) is 1. The normalized spacial score (nSPS) is 13.7. The highest BCUT2D eigenvalue weighted by atomic mass is 32.2. The van der Waals surface area contributed by atoms with E-state index in [9.17, 15) is 10.5 Å². The third-order valence-electron chi connectivity index (χ3n) is 4.44. The fraction of sp³-hybridized carbons (Fsp3) is 0.368. The average molecular weight is 380 g/mol. The Morgan fingerprint density at radius 1 is 1.19 bits per heavy atom. The lowest BCUT2D eigenvalue weighted by molar-refractivity contribution is 0.397. The maximum absolute atomic E-state index is 9.80. The van der Waals surface area contributed by atoms with Crippen LogP contribution in [0.1, 0.15) is 36.0 Å². The molecule has 3 rings (SSSR count). The molecular formula is C19H20N6OS. The molecule has 8 heteroatoms. The Balaban J connectivity index is 1.93. The molecular weight excluding hydrogens is 360 g/mol. The summed E-state index contributed by atoms with van der Waals surface area (Å²) in [6.45, 7) is 1.64. The third-order valence-corrected chi connectivity index (χ3v) is 5.49. The van der Waals surface area contributed by atoms with Gasteiger partial charge in [-0.15, -0.1) is 11.8 Å². The molecule has 1 fully saturated rings. The number of aromatic nitrogens is 2. The molecule has 0 saturated carbocycles.